The number of halogens is 1. The molecule has 0 saturated carbocycles. The Morgan fingerprint density at radius 3 is 2.40 bits per heavy atom. The zero-order chi connectivity index (χ0) is 18.0. The summed E-state index contributed by atoms with van der Waals surface area (Å²) >= 11 is 5.84. The SMILES string of the molecule is Cc1ccc(NC(=O)C2CNC(=O)N(c3ccc(Cl)cc3)C2=O)cc1. The monoisotopic (exact) mass is 357 g/mol. The third-order valence-electron chi connectivity index (χ3n) is 3.90. The van der Waals surface area contributed by atoms with Crippen LogP contribution in [0.25, 0.3) is 0 Å². The van der Waals surface area contributed by atoms with Gasteiger partial charge in [0.25, 0.3) is 0 Å². The van der Waals surface area contributed by atoms with E-state index in [9.17, 15) is 14.4 Å². The first-order valence-corrected chi connectivity index (χ1v) is 8.08. The van der Waals surface area contributed by atoms with E-state index in [2.05, 4.69) is 10.6 Å². The number of urea groups is 1. The second-order valence-electron chi connectivity index (χ2n) is 5.74. The summed E-state index contributed by atoms with van der Waals surface area (Å²) in [7, 11) is 0. The van der Waals surface area contributed by atoms with E-state index in [1.807, 2.05) is 19.1 Å². The third-order valence-corrected chi connectivity index (χ3v) is 4.15. The lowest BCUT2D eigenvalue weighted by molar-refractivity contribution is -0.130. The van der Waals surface area contributed by atoms with Gasteiger partial charge in [0.05, 0.1) is 5.69 Å². The molecule has 128 valence electrons. The maximum atomic E-state index is 12.7. The molecule has 1 atom stereocenters. The van der Waals surface area contributed by atoms with Crippen LogP contribution in [-0.4, -0.2) is 24.4 Å². The highest BCUT2D eigenvalue weighted by atomic mass is 35.5. The van der Waals surface area contributed by atoms with Crippen LogP contribution in [-0.2, 0) is 9.59 Å². The Balaban J connectivity index is 1.79. The van der Waals surface area contributed by atoms with Crippen LogP contribution in [0, 0.1) is 12.8 Å². The quantitative estimate of drug-likeness (QED) is 0.829. The van der Waals surface area contributed by atoms with E-state index in [0.717, 1.165) is 10.5 Å². The number of hydrogen-bond acceptors (Lipinski definition) is 3. The van der Waals surface area contributed by atoms with Crippen LogP contribution in [0.2, 0.25) is 5.02 Å². The van der Waals surface area contributed by atoms with Crippen LogP contribution < -0.4 is 15.5 Å². The molecule has 1 aliphatic heterocycles. The topological polar surface area (TPSA) is 78.5 Å². The van der Waals surface area contributed by atoms with E-state index < -0.39 is 23.8 Å². The van der Waals surface area contributed by atoms with Gasteiger partial charge in [-0.3, -0.25) is 9.59 Å². The molecule has 1 saturated heterocycles. The summed E-state index contributed by atoms with van der Waals surface area (Å²) in [6.45, 7) is 1.90. The Morgan fingerprint density at radius 1 is 1.12 bits per heavy atom. The first-order valence-electron chi connectivity index (χ1n) is 7.70. The van der Waals surface area contributed by atoms with Gasteiger partial charge in [-0.1, -0.05) is 29.3 Å². The molecule has 4 amide bonds. The Labute approximate surface area is 149 Å². The molecule has 0 aliphatic carbocycles. The van der Waals surface area contributed by atoms with Crippen LogP contribution in [0.1, 0.15) is 5.56 Å². The molecule has 25 heavy (non-hydrogen) atoms. The molecule has 1 aliphatic rings. The highest BCUT2D eigenvalue weighted by molar-refractivity contribution is 6.30. The molecule has 0 aromatic heterocycles. The predicted octanol–water partition coefficient (Wildman–Crippen LogP) is 2.96. The maximum absolute atomic E-state index is 12.7. The zero-order valence-corrected chi connectivity index (χ0v) is 14.2. The van der Waals surface area contributed by atoms with Crippen LogP contribution in [0.15, 0.2) is 48.5 Å². The van der Waals surface area contributed by atoms with Crippen molar-refractivity contribution >= 4 is 40.8 Å². The average molecular weight is 358 g/mol. The highest BCUT2D eigenvalue weighted by Gasteiger charge is 2.39. The smallest absolute Gasteiger partial charge is 0.328 e. The number of carbonyl (C=O) groups excluding carboxylic acids is 3. The standard InChI is InChI=1S/C18H16ClN3O3/c1-11-2-6-13(7-3-11)21-16(23)15-10-20-18(25)22(17(15)24)14-8-4-12(19)5-9-14/h2-9,15H,10H2,1H3,(H,20,25)(H,21,23). The summed E-state index contributed by atoms with van der Waals surface area (Å²) < 4.78 is 0. The van der Waals surface area contributed by atoms with Gasteiger partial charge in [-0.2, -0.15) is 0 Å². The molecule has 2 N–H and O–H groups in total. The van der Waals surface area contributed by atoms with Gasteiger partial charge in [0.15, 0.2) is 0 Å². The average Bonchev–Trinajstić information content (AvgIpc) is 2.58. The van der Waals surface area contributed by atoms with Crippen molar-refractivity contribution in [2.45, 2.75) is 6.92 Å². The summed E-state index contributed by atoms with van der Waals surface area (Å²) in [4.78, 5) is 38.2. The molecular weight excluding hydrogens is 342 g/mol. The molecule has 6 nitrogen and oxygen atoms in total. The number of aryl methyl sites for hydroxylation is 1. The summed E-state index contributed by atoms with van der Waals surface area (Å²) in [5.74, 6) is -2.04. The molecule has 0 bridgehead atoms. The van der Waals surface area contributed by atoms with Gasteiger partial charge < -0.3 is 10.6 Å². The minimum absolute atomic E-state index is 0.0422. The lowest BCUT2D eigenvalue weighted by atomic mass is 10.0. The van der Waals surface area contributed by atoms with Crippen LogP contribution in [0.4, 0.5) is 16.2 Å². The van der Waals surface area contributed by atoms with Crippen molar-refractivity contribution in [1.82, 2.24) is 5.32 Å². The normalized spacial score (nSPS) is 17.2. The van der Waals surface area contributed by atoms with Crippen molar-refractivity contribution in [2.24, 2.45) is 5.92 Å². The summed E-state index contributed by atoms with van der Waals surface area (Å²) in [6, 6.07) is 12.9. The van der Waals surface area contributed by atoms with Gasteiger partial charge in [-0.15, -0.1) is 0 Å². The van der Waals surface area contributed by atoms with E-state index in [1.165, 1.54) is 0 Å². The van der Waals surface area contributed by atoms with Crippen molar-refractivity contribution in [3.8, 4) is 0 Å². The van der Waals surface area contributed by atoms with Gasteiger partial charge >= 0.3 is 6.03 Å². The number of hydrogen-bond donors (Lipinski definition) is 2. The van der Waals surface area contributed by atoms with Crippen molar-refractivity contribution in [1.29, 1.82) is 0 Å². The number of nitrogens with one attached hydrogen (secondary N) is 2. The third kappa shape index (κ3) is 3.64. The summed E-state index contributed by atoms with van der Waals surface area (Å²) in [6.07, 6.45) is 0. The fourth-order valence-corrected chi connectivity index (χ4v) is 2.64. The van der Waals surface area contributed by atoms with Crippen LogP contribution in [0.3, 0.4) is 0 Å². The van der Waals surface area contributed by atoms with Crippen molar-refractivity contribution in [3.05, 3.63) is 59.1 Å². The van der Waals surface area contributed by atoms with Crippen LogP contribution >= 0.6 is 11.6 Å². The Hall–Kier alpha value is -2.86. The maximum Gasteiger partial charge on any atom is 0.328 e. The second-order valence-corrected chi connectivity index (χ2v) is 6.18. The van der Waals surface area contributed by atoms with Crippen LogP contribution in [0.5, 0.6) is 0 Å². The zero-order valence-electron chi connectivity index (χ0n) is 13.5. The number of benzene rings is 2. The van der Waals surface area contributed by atoms with Gasteiger partial charge in [0.2, 0.25) is 11.8 Å². The van der Waals surface area contributed by atoms with E-state index in [-0.39, 0.29) is 6.54 Å². The Kier molecular flexibility index (Phi) is 4.72. The molecule has 0 radical (unpaired) electrons. The first-order chi connectivity index (χ1) is 12.0. The van der Waals surface area contributed by atoms with E-state index in [1.54, 1.807) is 36.4 Å². The molecule has 7 heteroatoms. The lowest BCUT2D eigenvalue weighted by Crippen LogP contribution is -2.58. The number of anilines is 2. The molecule has 1 unspecified atom stereocenters. The van der Waals surface area contributed by atoms with E-state index >= 15 is 0 Å². The van der Waals surface area contributed by atoms with Gasteiger partial charge in [0, 0.05) is 17.3 Å². The van der Waals surface area contributed by atoms with E-state index in [0.29, 0.717) is 16.4 Å². The second kappa shape index (κ2) is 6.94. The number of rotatable bonds is 3. The highest BCUT2D eigenvalue weighted by Crippen LogP contribution is 2.23. The van der Waals surface area contributed by atoms with Gasteiger partial charge in [0.1, 0.15) is 5.92 Å². The molecular formula is C18H16ClN3O3. The lowest BCUT2D eigenvalue weighted by Gasteiger charge is -2.30. The summed E-state index contributed by atoms with van der Waals surface area (Å²) in [5.41, 5.74) is 2.02. The minimum Gasteiger partial charge on any atom is -0.336 e. The Bertz CT molecular complexity index is 818. The molecule has 1 fully saturated rings. The number of nitrogens with zero attached hydrogens (tertiary/aromatic N) is 1. The fourth-order valence-electron chi connectivity index (χ4n) is 2.52. The van der Waals surface area contributed by atoms with E-state index in [4.69, 9.17) is 11.6 Å². The predicted molar refractivity (Wildman–Crippen MR) is 95.6 cm³/mol. The van der Waals surface area contributed by atoms with Crippen molar-refractivity contribution in [3.63, 3.8) is 0 Å². The molecule has 3 rings (SSSR count). The van der Waals surface area contributed by atoms with Gasteiger partial charge in [-0.25, -0.2) is 9.69 Å². The summed E-state index contributed by atoms with van der Waals surface area (Å²) in [5, 5.41) is 5.77. The fraction of sp³-hybridized carbons (Fsp3) is 0.167. The minimum atomic E-state index is -1.00. The number of carbonyl (C=O) groups is 3. The number of amides is 4. The van der Waals surface area contributed by atoms with Crippen molar-refractivity contribution < 1.29 is 14.4 Å². The molecule has 2 aromatic carbocycles. The Morgan fingerprint density at radius 2 is 1.76 bits per heavy atom. The molecule has 1 heterocycles. The number of imide groups is 1. The first kappa shape index (κ1) is 17.0. The molecule has 0 spiro atoms. The largest absolute Gasteiger partial charge is 0.336 e. The molecule has 2 aromatic rings. The van der Waals surface area contributed by atoms with Gasteiger partial charge in [-0.05, 0) is 43.3 Å². The van der Waals surface area contributed by atoms with Crippen molar-refractivity contribution in [2.75, 3.05) is 16.8 Å².